The van der Waals surface area contributed by atoms with Gasteiger partial charge in [0, 0.05) is 6.42 Å². The summed E-state index contributed by atoms with van der Waals surface area (Å²) >= 11 is 0. The fourth-order valence-corrected chi connectivity index (χ4v) is 1.95. The minimum absolute atomic E-state index is 0.0153. The lowest BCUT2D eigenvalue weighted by molar-refractivity contribution is 0.0689. The van der Waals surface area contributed by atoms with Crippen LogP contribution in [0.5, 0.6) is 0 Å². The smallest absolute Gasteiger partial charge is 0.358 e. The van der Waals surface area contributed by atoms with Crippen LogP contribution in [0.3, 0.4) is 0 Å². The first-order valence-electron chi connectivity index (χ1n) is 5.89. The standard InChI is InChI=1S/C13H14FN3O2/c1-9-3-2-4-10(7-9)8-11-12(13(18)19)15-16-17(11)6-5-14/h2-4,7H,5-6,8H2,1H3,(H,18,19). The highest BCUT2D eigenvalue weighted by atomic mass is 19.1. The van der Waals surface area contributed by atoms with Crippen molar-refractivity contribution in [2.24, 2.45) is 0 Å². The average molecular weight is 263 g/mol. The molecule has 2 rings (SSSR count). The summed E-state index contributed by atoms with van der Waals surface area (Å²) in [4.78, 5) is 11.1. The van der Waals surface area contributed by atoms with Crippen LogP contribution in [0.2, 0.25) is 0 Å². The average Bonchev–Trinajstić information content (AvgIpc) is 2.73. The van der Waals surface area contributed by atoms with E-state index in [1.165, 1.54) is 4.68 Å². The highest BCUT2D eigenvalue weighted by molar-refractivity contribution is 5.86. The Morgan fingerprint density at radius 3 is 2.89 bits per heavy atom. The number of halogens is 1. The SMILES string of the molecule is Cc1cccc(Cc2c(C(=O)O)nnn2CCF)c1. The van der Waals surface area contributed by atoms with Crippen molar-refractivity contribution in [3.05, 3.63) is 46.8 Å². The quantitative estimate of drug-likeness (QED) is 0.893. The lowest BCUT2D eigenvalue weighted by Crippen LogP contribution is -2.10. The molecule has 0 aliphatic rings. The van der Waals surface area contributed by atoms with E-state index in [0.29, 0.717) is 12.1 Å². The normalized spacial score (nSPS) is 10.6. The summed E-state index contributed by atoms with van der Waals surface area (Å²) in [5, 5.41) is 16.4. The third-order valence-corrected chi connectivity index (χ3v) is 2.79. The molecule has 1 heterocycles. The van der Waals surface area contributed by atoms with Gasteiger partial charge >= 0.3 is 5.97 Å². The number of hydrogen-bond acceptors (Lipinski definition) is 3. The third-order valence-electron chi connectivity index (χ3n) is 2.79. The van der Waals surface area contributed by atoms with Crippen LogP contribution < -0.4 is 0 Å². The van der Waals surface area contributed by atoms with Crippen molar-refractivity contribution in [2.45, 2.75) is 19.9 Å². The molecule has 19 heavy (non-hydrogen) atoms. The Morgan fingerprint density at radius 1 is 1.47 bits per heavy atom. The topological polar surface area (TPSA) is 68.0 Å². The fourth-order valence-electron chi connectivity index (χ4n) is 1.95. The zero-order valence-electron chi connectivity index (χ0n) is 10.5. The Morgan fingerprint density at radius 2 is 2.26 bits per heavy atom. The molecular formula is C13H14FN3O2. The second-order valence-corrected chi connectivity index (χ2v) is 4.27. The monoisotopic (exact) mass is 263 g/mol. The van der Waals surface area contributed by atoms with Crippen molar-refractivity contribution >= 4 is 5.97 Å². The first-order valence-corrected chi connectivity index (χ1v) is 5.89. The Hall–Kier alpha value is -2.24. The van der Waals surface area contributed by atoms with E-state index in [9.17, 15) is 9.18 Å². The molecule has 1 aromatic heterocycles. The van der Waals surface area contributed by atoms with Crippen LogP contribution in [-0.4, -0.2) is 32.7 Å². The zero-order valence-corrected chi connectivity index (χ0v) is 10.5. The number of alkyl halides is 1. The van der Waals surface area contributed by atoms with E-state index in [1.807, 2.05) is 31.2 Å². The van der Waals surface area contributed by atoms with E-state index < -0.39 is 12.6 Å². The van der Waals surface area contributed by atoms with Crippen LogP contribution in [0, 0.1) is 6.92 Å². The largest absolute Gasteiger partial charge is 0.476 e. The van der Waals surface area contributed by atoms with Gasteiger partial charge in [-0.1, -0.05) is 35.0 Å². The molecule has 5 nitrogen and oxygen atoms in total. The second kappa shape index (κ2) is 5.60. The summed E-state index contributed by atoms with van der Waals surface area (Å²) in [6.07, 6.45) is 0.371. The molecule has 2 aromatic rings. The Labute approximate surface area is 109 Å². The fraction of sp³-hybridized carbons (Fsp3) is 0.308. The van der Waals surface area contributed by atoms with E-state index in [2.05, 4.69) is 10.3 Å². The van der Waals surface area contributed by atoms with E-state index in [4.69, 9.17) is 5.11 Å². The van der Waals surface area contributed by atoms with Crippen LogP contribution in [0.1, 0.15) is 27.3 Å². The number of nitrogens with zero attached hydrogens (tertiary/aromatic N) is 3. The Balaban J connectivity index is 2.36. The van der Waals surface area contributed by atoms with Gasteiger partial charge in [0.15, 0.2) is 5.69 Å². The molecule has 6 heteroatoms. The number of aromatic nitrogens is 3. The van der Waals surface area contributed by atoms with Crippen LogP contribution >= 0.6 is 0 Å². The number of carboxylic acids is 1. The number of aryl methyl sites for hydroxylation is 2. The molecule has 0 saturated heterocycles. The number of aromatic carboxylic acids is 1. The van der Waals surface area contributed by atoms with E-state index in [1.54, 1.807) is 0 Å². The maximum absolute atomic E-state index is 12.4. The predicted molar refractivity (Wildman–Crippen MR) is 66.9 cm³/mol. The van der Waals surface area contributed by atoms with Crippen molar-refractivity contribution in [3.63, 3.8) is 0 Å². The zero-order chi connectivity index (χ0) is 13.8. The van der Waals surface area contributed by atoms with Gasteiger partial charge in [-0.3, -0.25) is 0 Å². The predicted octanol–water partition coefficient (Wildman–Crippen LogP) is 1.85. The molecule has 0 bridgehead atoms. The van der Waals surface area contributed by atoms with Crippen LogP contribution in [-0.2, 0) is 13.0 Å². The molecule has 0 aliphatic heterocycles. The Kier molecular flexibility index (Phi) is 3.89. The molecular weight excluding hydrogens is 249 g/mol. The lowest BCUT2D eigenvalue weighted by Gasteiger charge is -2.06. The third kappa shape index (κ3) is 2.96. The van der Waals surface area contributed by atoms with Gasteiger partial charge in [0.1, 0.15) is 6.67 Å². The summed E-state index contributed by atoms with van der Waals surface area (Å²) in [5.74, 6) is -1.15. The van der Waals surface area contributed by atoms with Crippen molar-refractivity contribution in [1.29, 1.82) is 0 Å². The molecule has 1 aromatic carbocycles. The Bertz CT molecular complexity index is 595. The molecule has 100 valence electrons. The van der Waals surface area contributed by atoms with Gasteiger partial charge in [0.05, 0.1) is 12.2 Å². The molecule has 0 unspecified atom stereocenters. The van der Waals surface area contributed by atoms with Crippen LogP contribution in [0.25, 0.3) is 0 Å². The van der Waals surface area contributed by atoms with Gasteiger partial charge in [-0.2, -0.15) is 0 Å². The number of carboxylic acid groups (broad SMARTS) is 1. The maximum Gasteiger partial charge on any atom is 0.358 e. The van der Waals surface area contributed by atoms with Gasteiger partial charge in [0.25, 0.3) is 0 Å². The maximum atomic E-state index is 12.4. The number of rotatable bonds is 5. The molecule has 0 amide bonds. The van der Waals surface area contributed by atoms with E-state index in [0.717, 1.165) is 11.1 Å². The number of carbonyl (C=O) groups is 1. The van der Waals surface area contributed by atoms with Gasteiger partial charge < -0.3 is 5.11 Å². The molecule has 0 fully saturated rings. The van der Waals surface area contributed by atoms with Crippen molar-refractivity contribution in [2.75, 3.05) is 6.67 Å². The minimum atomic E-state index is -1.15. The second-order valence-electron chi connectivity index (χ2n) is 4.27. The van der Waals surface area contributed by atoms with Crippen molar-refractivity contribution in [1.82, 2.24) is 15.0 Å². The molecule has 0 aliphatic carbocycles. The molecule has 0 radical (unpaired) electrons. The first-order chi connectivity index (χ1) is 9.11. The van der Waals surface area contributed by atoms with Gasteiger partial charge in [-0.25, -0.2) is 13.9 Å². The minimum Gasteiger partial charge on any atom is -0.476 e. The summed E-state index contributed by atoms with van der Waals surface area (Å²) < 4.78 is 13.7. The molecule has 1 N–H and O–H groups in total. The lowest BCUT2D eigenvalue weighted by atomic mass is 10.1. The molecule has 0 spiro atoms. The summed E-state index contributed by atoms with van der Waals surface area (Å²) in [7, 11) is 0. The van der Waals surface area contributed by atoms with Gasteiger partial charge in [-0.15, -0.1) is 5.10 Å². The highest BCUT2D eigenvalue weighted by Gasteiger charge is 2.19. The van der Waals surface area contributed by atoms with Crippen LogP contribution in [0.15, 0.2) is 24.3 Å². The number of hydrogen-bond donors (Lipinski definition) is 1. The highest BCUT2D eigenvalue weighted by Crippen LogP contribution is 2.14. The van der Waals surface area contributed by atoms with Crippen molar-refractivity contribution < 1.29 is 14.3 Å². The summed E-state index contributed by atoms with van der Waals surface area (Å²) in [6.45, 7) is 1.36. The van der Waals surface area contributed by atoms with Crippen LogP contribution in [0.4, 0.5) is 4.39 Å². The van der Waals surface area contributed by atoms with Gasteiger partial charge in [0.2, 0.25) is 0 Å². The number of benzene rings is 1. The first kappa shape index (κ1) is 13.2. The van der Waals surface area contributed by atoms with E-state index >= 15 is 0 Å². The van der Waals surface area contributed by atoms with E-state index in [-0.39, 0.29) is 12.2 Å². The summed E-state index contributed by atoms with van der Waals surface area (Å²) in [6, 6.07) is 7.71. The molecule has 0 atom stereocenters. The van der Waals surface area contributed by atoms with Crippen molar-refractivity contribution in [3.8, 4) is 0 Å². The summed E-state index contributed by atoms with van der Waals surface area (Å²) in [5.41, 5.74) is 2.34. The van der Waals surface area contributed by atoms with Gasteiger partial charge in [-0.05, 0) is 12.5 Å². The molecule has 0 saturated carbocycles.